The molecule has 0 aliphatic carbocycles. The molecule has 0 radical (unpaired) electrons. The van der Waals surface area contributed by atoms with Crippen LogP contribution in [0.25, 0.3) is 0 Å². The number of benzene rings is 3. The number of para-hydroxylation sites is 1. The number of halogens is 1. The molecule has 1 N–H and O–H groups in total. The number of aryl methyl sites for hydroxylation is 1. The van der Waals surface area contributed by atoms with Crippen molar-refractivity contribution in [2.24, 2.45) is 0 Å². The Bertz CT molecular complexity index is 1380. The third-order valence-corrected chi connectivity index (χ3v) is 8.34. The number of nitrogens with zero attached hydrogens (tertiary/aromatic N) is 2. The van der Waals surface area contributed by atoms with Gasteiger partial charge >= 0.3 is 0 Å². The van der Waals surface area contributed by atoms with Crippen LogP contribution in [0.1, 0.15) is 49.3 Å². The van der Waals surface area contributed by atoms with Gasteiger partial charge in [0.15, 0.2) is 0 Å². The Morgan fingerprint density at radius 3 is 2.20 bits per heavy atom. The summed E-state index contributed by atoms with van der Waals surface area (Å²) in [5.41, 5.74) is 3.22. The topological polar surface area (TPSA) is 86.8 Å². The summed E-state index contributed by atoms with van der Waals surface area (Å²) in [7, 11) is -3.56. The molecule has 3 aromatic carbocycles. The predicted octanol–water partition coefficient (Wildman–Crippen LogP) is 5.75. The van der Waals surface area contributed by atoms with Gasteiger partial charge in [0.1, 0.15) is 6.04 Å². The Morgan fingerprint density at radius 2 is 1.56 bits per heavy atom. The normalized spacial score (nSPS) is 12.0. The molecular formula is C32H40ClN3O4S. The van der Waals surface area contributed by atoms with Crippen LogP contribution < -0.4 is 9.62 Å². The zero-order valence-corrected chi connectivity index (χ0v) is 25.6. The van der Waals surface area contributed by atoms with Crippen LogP contribution in [0.15, 0.2) is 78.9 Å². The number of rotatable bonds is 15. The van der Waals surface area contributed by atoms with Gasteiger partial charge in [-0.2, -0.15) is 0 Å². The third kappa shape index (κ3) is 9.90. The van der Waals surface area contributed by atoms with Crippen molar-refractivity contribution >= 4 is 39.1 Å². The van der Waals surface area contributed by atoms with Gasteiger partial charge in [0, 0.05) is 37.5 Å². The number of carbonyl (C=O) groups is 2. The SMILES string of the molecule is CCCCNC(=O)[C@H](Cc1ccccc1)N(Cc1ccc(Cl)cc1)C(=O)CCCN(c1ccccc1C)S(C)(=O)=O. The van der Waals surface area contributed by atoms with Gasteiger partial charge in [-0.3, -0.25) is 13.9 Å². The first kappa shape index (κ1) is 32.2. The van der Waals surface area contributed by atoms with Gasteiger partial charge in [0.2, 0.25) is 21.8 Å². The molecule has 2 amide bonds. The smallest absolute Gasteiger partial charge is 0.243 e. The number of hydrogen-bond donors (Lipinski definition) is 1. The lowest BCUT2D eigenvalue weighted by atomic mass is 10.0. The monoisotopic (exact) mass is 597 g/mol. The molecule has 0 saturated heterocycles. The summed E-state index contributed by atoms with van der Waals surface area (Å²) in [6.45, 7) is 4.82. The van der Waals surface area contributed by atoms with Gasteiger partial charge in [-0.15, -0.1) is 0 Å². The second-order valence-electron chi connectivity index (χ2n) is 10.2. The fraction of sp³-hybridized carbons (Fsp3) is 0.375. The van der Waals surface area contributed by atoms with Crippen LogP contribution in [-0.2, 0) is 32.6 Å². The minimum atomic E-state index is -3.56. The van der Waals surface area contributed by atoms with Gasteiger partial charge in [-0.25, -0.2) is 8.42 Å². The first-order chi connectivity index (χ1) is 19.6. The van der Waals surface area contributed by atoms with E-state index in [1.807, 2.05) is 61.5 Å². The van der Waals surface area contributed by atoms with E-state index in [9.17, 15) is 18.0 Å². The fourth-order valence-electron chi connectivity index (χ4n) is 4.67. The van der Waals surface area contributed by atoms with E-state index in [-0.39, 0.29) is 31.3 Å². The number of unbranched alkanes of at least 4 members (excludes halogenated alkanes) is 1. The molecular weight excluding hydrogens is 558 g/mol. The van der Waals surface area contributed by atoms with Crippen LogP contribution in [0.2, 0.25) is 5.02 Å². The van der Waals surface area contributed by atoms with Gasteiger partial charge < -0.3 is 10.2 Å². The van der Waals surface area contributed by atoms with Crippen molar-refractivity contribution in [2.75, 3.05) is 23.7 Å². The Kier molecular flexibility index (Phi) is 12.2. The molecule has 1 atom stereocenters. The maximum atomic E-state index is 13.9. The van der Waals surface area contributed by atoms with E-state index < -0.39 is 16.1 Å². The molecule has 220 valence electrons. The van der Waals surface area contributed by atoms with Crippen LogP contribution >= 0.6 is 11.6 Å². The zero-order valence-electron chi connectivity index (χ0n) is 24.1. The summed E-state index contributed by atoms with van der Waals surface area (Å²) in [6.07, 6.45) is 3.69. The largest absolute Gasteiger partial charge is 0.354 e. The molecule has 3 rings (SSSR count). The molecule has 0 aliphatic rings. The highest BCUT2D eigenvalue weighted by Crippen LogP contribution is 2.23. The lowest BCUT2D eigenvalue weighted by Gasteiger charge is -2.32. The summed E-state index contributed by atoms with van der Waals surface area (Å²) < 4.78 is 26.7. The van der Waals surface area contributed by atoms with Crippen molar-refractivity contribution in [3.63, 3.8) is 0 Å². The molecule has 0 fully saturated rings. The maximum absolute atomic E-state index is 13.9. The first-order valence-electron chi connectivity index (χ1n) is 14.0. The van der Waals surface area contributed by atoms with Crippen molar-refractivity contribution in [2.45, 2.75) is 58.5 Å². The molecule has 0 saturated carbocycles. The highest BCUT2D eigenvalue weighted by molar-refractivity contribution is 7.92. The van der Waals surface area contributed by atoms with Crippen LogP contribution in [0, 0.1) is 6.92 Å². The van der Waals surface area contributed by atoms with E-state index in [0.717, 1.165) is 29.5 Å². The minimum absolute atomic E-state index is 0.0824. The Hall–Kier alpha value is -3.36. The Balaban J connectivity index is 1.87. The predicted molar refractivity (Wildman–Crippen MR) is 166 cm³/mol. The van der Waals surface area contributed by atoms with Gasteiger partial charge in [-0.1, -0.05) is 85.6 Å². The van der Waals surface area contributed by atoms with Crippen LogP contribution in [-0.4, -0.2) is 50.5 Å². The number of sulfonamides is 1. The summed E-state index contributed by atoms with van der Waals surface area (Å²) in [6, 6.07) is 23.4. The molecule has 41 heavy (non-hydrogen) atoms. The fourth-order valence-corrected chi connectivity index (χ4v) is 5.82. The molecule has 0 bridgehead atoms. The second-order valence-corrected chi connectivity index (χ2v) is 12.6. The number of amides is 2. The van der Waals surface area contributed by atoms with Crippen molar-refractivity contribution < 1.29 is 18.0 Å². The average Bonchev–Trinajstić information content (AvgIpc) is 2.94. The lowest BCUT2D eigenvalue weighted by Crippen LogP contribution is -2.50. The van der Waals surface area contributed by atoms with Crippen molar-refractivity contribution in [1.29, 1.82) is 0 Å². The average molecular weight is 598 g/mol. The molecule has 0 spiro atoms. The molecule has 0 aromatic heterocycles. The van der Waals surface area contributed by atoms with Crippen LogP contribution in [0.4, 0.5) is 5.69 Å². The summed E-state index contributed by atoms with van der Waals surface area (Å²) >= 11 is 6.10. The highest BCUT2D eigenvalue weighted by Gasteiger charge is 2.30. The lowest BCUT2D eigenvalue weighted by molar-refractivity contribution is -0.141. The standard InChI is InChI=1S/C32H40ClN3O4S/c1-4-5-21-34-32(38)30(23-26-13-7-6-8-14-26)35(24-27-17-19-28(33)20-18-27)31(37)16-11-22-36(41(3,39)40)29-15-10-9-12-25(29)2/h6-10,12-15,17-20,30H,4-5,11,16,21-24H2,1-3H3,(H,34,38)/t30-/m0/s1. The van der Waals surface area contributed by atoms with Crippen molar-refractivity contribution in [3.05, 3.63) is 101 Å². The first-order valence-corrected chi connectivity index (χ1v) is 16.2. The van der Waals surface area contributed by atoms with E-state index in [2.05, 4.69) is 12.2 Å². The highest BCUT2D eigenvalue weighted by atomic mass is 35.5. The summed E-state index contributed by atoms with van der Waals surface area (Å²) in [4.78, 5) is 29.0. The van der Waals surface area contributed by atoms with Crippen LogP contribution in [0.5, 0.6) is 0 Å². The number of anilines is 1. The Morgan fingerprint density at radius 1 is 0.902 bits per heavy atom. The van der Waals surface area contributed by atoms with E-state index in [1.54, 1.807) is 29.2 Å². The summed E-state index contributed by atoms with van der Waals surface area (Å²) in [5.74, 6) is -0.424. The number of hydrogen-bond acceptors (Lipinski definition) is 4. The van der Waals surface area contributed by atoms with Crippen molar-refractivity contribution in [3.8, 4) is 0 Å². The van der Waals surface area contributed by atoms with E-state index in [4.69, 9.17) is 11.6 Å². The van der Waals surface area contributed by atoms with Gasteiger partial charge in [0.25, 0.3) is 0 Å². The van der Waals surface area contributed by atoms with Gasteiger partial charge in [-0.05, 0) is 54.7 Å². The molecule has 3 aromatic rings. The zero-order chi connectivity index (χ0) is 29.8. The van der Waals surface area contributed by atoms with Gasteiger partial charge in [0.05, 0.1) is 11.9 Å². The van der Waals surface area contributed by atoms with E-state index in [1.165, 1.54) is 10.6 Å². The van der Waals surface area contributed by atoms with Crippen molar-refractivity contribution in [1.82, 2.24) is 10.2 Å². The minimum Gasteiger partial charge on any atom is -0.354 e. The van der Waals surface area contributed by atoms with E-state index >= 15 is 0 Å². The maximum Gasteiger partial charge on any atom is 0.243 e. The Labute approximate surface area is 249 Å². The number of nitrogens with one attached hydrogen (secondary N) is 1. The molecule has 9 heteroatoms. The summed E-state index contributed by atoms with van der Waals surface area (Å²) in [5, 5.41) is 3.60. The molecule has 0 heterocycles. The second kappa shape index (κ2) is 15.6. The quantitative estimate of drug-likeness (QED) is 0.226. The molecule has 7 nitrogen and oxygen atoms in total. The third-order valence-electron chi connectivity index (χ3n) is 6.90. The number of carbonyl (C=O) groups excluding carboxylic acids is 2. The molecule has 0 aliphatic heterocycles. The molecule has 0 unspecified atom stereocenters. The van der Waals surface area contributed by atoms with E-state index in [0.29, 0.717) is 30.1 Å². The van der Waals surface area contributed by atoms with Crippen LogP contribution in [0.3, 0.4) is 0 Å².